The van der Waals surface area contributed by atoms with Gasteiger partial charge in [-0.15, -0.1) is 5.10 Å². The van der Waals surface area contributed by atoms with E-state index in [4.69, 9.17) is 28.8 Å². The molecule has 0 unspecified atom stereocenters. The molecular formula is C34H44ClN13O5. The Labute approximate surface area is 310 Å². The van der Waals surface area contributed by atoms with Gasteiger partial charge in [-0.2, -0.15) is 4.99 Å². The van der Waals surface area contributed by atoms with E-state index in [0.717, 1.165) is 50.2 Å². The number of anilines is 2. The second kappa shape index (κ2) is 18.4. The van der Waals surface area contributed by atoms with Crippen molar-refractivity contribution in [2.24, 2.45) is 10.7 Å². The Morgan fingerprint density at radius 1 is 0.943 bits per heavy atom. The van der Waals surface area contributed by atoms with Gasteiger partial charge in [-0.25, -0.2) is 9.97 Å². The lowest BCUT2D eigenvalue weighted by Crippen LogP contribution is -2.47. The lowest BCUT2D eigenvalue weighted by Gasteiger charge is -2.32. The van der Waals surface area contributed by atoms with Crippen LogP contribution in [0.2, 0.25) is 5.15 Å². The highest BCUT2D eigenvalue weighted by atomic mass is 35.5. The van der Waals surface area contributed by atoms with Gasteiger partial charge >= 0.3 is 5.91 Å². The van der Waals surface area contributed by atoms with E-state index in [-0.39, 0.29) is 72.3 Å². The molecule has 1 saturated heterocycles. The average molecular weight is 750 g/mol. The third-order valence-corrected chi connectivity index (χ3v) is 9.06. The summed E-state index contributed by atoms with van der Waals surface area (Å²) >= 11 is 5.86. The first-order valence-corrected chi connectivity index (χ1v) is 17.5. The summed E-state index contributed by atoms with van der Waals surface area (Å²) in [4.78, 5) is 53.0. The van der Waals surface area contributed by atoms with E-state index in [1.807, 2.05) is 6.20 Å². The van der Waals surface area contributed by atoms with E-state index < -0.39 is 5.91 Å². The standard InChI is InChI=1S/C34H44ClN13O5/c35-29-31(37)41-30(36)28(40-29)32(52)42-34(38)39-25-8-11-45(12-9-25)19-23-3-1-22(2-4-23)7-14-48-21-26(43-44-48)10-13-47-20-24(5-6-27(47)51)33(53)46(15-17-49)16-18-50/h1-6,20-21,25,49-50H,7-19H2,(H4,36,37,41)(H3,38,39,42,52). The average Bonchev–Trinajstić information content (AvgIpc) is 3.60. The number of likely N-dealkylation sites (tertiary alicyclic amines) is 1. The third kappa shape index (κ3) is 10.8. The number of nitrogen functional groups attached to an aromatic ring is 2. The molecule has 0 saturated carbocycles. The molecular weight excluding hydrogens is 706 g/mol. The van der Waals surface area contributed by atoms with E-state index in [2.05, 4.69) is 59.8 Å². The fourth-order valence-electron chi connectivity index (χ4n) is 5.92. The van der Waals surface area contributed by atoms with Gasteiger partial charge in [0.05, 0.1) is 24.5 Å². The van der Waals surface area contributed by atoms with Crippen LogP contribution in [0.5, 0.6) is 0 Å². The van der Waals surface area contributed by atoms with Crippen molar-refractivity contribution in [3.05, 3.63) is 92.4 Å². The van der Waals surface area contributed by atoms with Gasteiger partial charge in [0.15, 0.2) is 28.4 Å². The molecule has 4 heterocycles. The highest BCUT2D eigenvalue weighted by Gasteiger charge is 2.21. The summed E-state index contributed by atoms with van der Waals surface area (Å²) in [5.74, 6) is -1.41. The van der Waals surface area contributed by atoms with Crippen LogP contribution in [-0.4, -0.2) is 113 Å². The summed E-state index contributed by atoms with van der Waals surface area (Å²) in [6.07, 6.45) is 6.19. The van der Waals surface area contributed by atoms with Crippen LogP contribution < -0.4 is 28.1 Å². The molecule has 282 valence electrons. The highest BCUT2D eigenvalue weighted by Crippen LogP contribution is 2.19. The van der Waals surface area contributed by atoms with Crippen molar-refractivity contribution in [2.45, 2.75) is 51.4 Å². The first kappa shape index (κ1) is 38.8. The van der Waals surface area contributed by atoms with Gasteiger partial charge in [0.1, 0.15) is 0 Å². The van der Waals surface area contributed by atoms with Crippen molar-refractivity contribution >= 4 is 41.0 Å². The molecule has 0 spiro atoms. The van der Waals surface area contributed by atoms with Gasteiger partial charge in [0.25, 0.3) is 11.5 Å². The maximum absolute atomic E-state index is 12.8. The molecule has 19 heteroatoms. The Balaban J connectivity index is 1.04. The molecule has 5 rings (SSSR count). The Kier molecular flexibility index (Phi) is 13.4. The lowest BCUT2D eigenvalue weighted by atomic mass is 10.0. The predicted molar refractivity (Wildman–Crippen MR) is 198 cm³/mol. The van der Waals surface area contributed by atoms with Crippen LogP contribution >= 0.6 is 11.6 Å². The number of aryl methyl sites for hydroxylation is 4. The van der Waals surface area contributed by atoms with Gasteiger partial charge in [0.2, 0.25) is 0 Å². The molecule has 0 bridgehead atoms. The predicted octanol–water partition coefficient (Wildman–Crippen LogP) is -0.331. The molecule has 3 aromatic heterocycles. The second-order valence-corrected chi connectivity index (χ2v) is 13.0. The summed E-state index contributed by atoms with van der Waals surface area (Å²) in [7, 11) is 0. The number of halogens is 1. The van der Waals surface area contributed by atoms with Gasteiger partial charge in [-0.1, -0.05) is 41.1 Å². The minimum atomic E-state index is -0.762. The molecule has 9 N–H and O–H groups in total. The monoisotopic (exact) mass is 749 g/mol. The first-order chi connectivity index (χ1) is 25.5. The fraction of sp³-hybridized carbons (Fsp3) is 0.412. The van der Waals surface area contributed by atoms with Crippen molar-refractivity contribution in [1.29, 1.82) is 0 Å². The molecule has 0 atom stereocenters. The first-order valence-electron chi connectivity index (χ1n) is 17.2. The molecule has 1 aliphatic rings. The van der Waals surface area contributed by atoms with Crippen LogP contribution in [0.4, 0.5) is 11.6 Å². The lowest BCUT2D eigenvalue weighted by molar-refractivity contribution is 0.0683. The minimum absolute atomic E-state index is 0.0315. The Morgan fingerprint density at radius 2 is 1.64 bits per heavy atom. The number of hydrogen-bond donors (Lipinski definition) is 6. The quantitative estimate of drug-likeness (QED) is 0.0672. The number of benzene rings is 1. The summed E-state index contributed by atoms with van der Waals surface area (Å²) in [6, 6.07) is 11.3. The molecule has 0 aliphatic carbocycles. The number of nitrogens with two attached hydrogens (primary N) is 3. The van der Waals surface area contributed by atoms with E-state index >= 15 is 0 Å². The van der Waals surface area contributed by atoms with Gasteiger partial charge in [-0.3, -0.25) is 24.0 Å². The minimum Gasteiger partial charge on any atom is -0.395 e. The van der Waals surface area contributed by atoms with Crippen LogP contribution in [0.15, 0.2) is 58.6 Å². The van der Waals surface area contributed by atoms with Gasteiger partial charge in [0, 0.05) is 76.7 Å². The number of nitrogens with zero attached hydrogens (tertiary/aromatic N) is 9. The van der Waals surface area contributed by atoms with Crippen molar-refractivity contribution in [1.82, 2.24) is 44.6 Å². The number of aliphatic imine (C=N–C) groups is 1. The number of nitrogens with one attached hydrogen (secondary N) is 1. The van der Waals surface area contributed by atoms with Crippen LogP contribution in [0.1, 0.15) is 50.5 Å². The van der Waals surface area contributed by atoms with E-state index in [1.54, 1.807) is 4.68 Å². The number of guanidine groups is 1. The van der Waals surface area contributed by atoms with Crippen LogP contribution in [0.25, 0.3) is 0 Å². The maximum Gasteiger partial charge on any atom is 0.302 e. The third-order valence-electron chi connectivity index (χ3n) is 8.78. The van der Waals surface area contributed by atoms with Crippen LogP contribution in [-0.2, 0) is 32.5 Å². The molecule has 0 radical (unpaired) electrons. The number of carbonyl (C=O) groups excluding carboxylic acids is 2. The highest BCUT2D eigenvalue weighted by molar-refractivity contribution is 6.31. The number of aliphatic hydroxyl groups excluding tert-OH is 2. The van der Waals surface area contributed by atoms with E-state index in [1.165, 1.54) is 33.4 Å². The van der Waals surface area contributed by atoms with Gasteiger partial charge in [-0.05, 0) is 36.5 Å². The number of rotatable bonds is 15. The molecule has 18 nitrogen and oxygen atoms in total. The Morgan fingerprint density at radius 3 is 2.34 bits per heavy atom. The Hall–Kier alpha value is -5.43. The Bertz CT molecular complexity index is 1950. The van der Waals surface area contributed by atoms with E-state index in [0.29, 0.717) is 25.1 Å². The summed E-state index contributed by atoms with van der Waals surface area (Å²) in [5.41, 5.74) is 20.2. The second-order valence-electron chi connectivity index (χ2n) is 12.6. The molecule has 53 heavy (non-hydrogen) atoms. The van der Waals surface area contributed by atoms with Crippen molar-refractivity contribution in [2.75, 3.05) is 50.9 Å². The number of hydrogen-bond acceptors (Lipinski definition) is 12. The van der Waals surface area contributed by atoms with Crippen molar-refractivity contribution in [3.8, 4) is 0 Å². The molecule has 1 aliphatic heterocycles. The maximum atomic E-state index is 12.8. The van der Waals surface area contributed by atoms with Crippen molar-refractivity contribution in [3.63, 3.8) is 0 Å². The summed E-state index contributed by atoms with van der Waals surface area (Å²) in [6.45, 7) is 3.14. The largest absolute Gasteiger partial charge is 0.395 e. The molecule has 1 aromatic carbocycles. The smallest absolute Gasteiger partial charge is 0.302 e. The number of pyridine rings is 1. The summed E-state index contributed by atoms with van der Waals surface area (Å²) < 4.78 is 3.23. The number of aliphatic hydroxyl groups is 2. The topological polar surface area (TPSA) is 262 Å². The molecule has 2 amide bonds. The van der Waals surface area contributed by atoms with Crippen LogP contribution in [0.3, 0.4) is 0 Å². The number of amides is 2. The normalized spacial score (nSPS) is 14.0. The molecule has 1 fully saturated rings. The van der Waals surface area contributed by atoms with Crippen molar-refractivity contribution < 1.29 is 19.8 Å². The number of aromatic nitrogens is 6. The van der Waals surface area contributed by atoms with E-state index in [9.17, 15) is 24.6 Å². The van der Waals surface area contributed by atoms with Gasteiger partial charge < -0.3 is 42.2 Å². The fourth-order valence-corrected chi connectivity index (χ4v) is 6.05. The zero-order valence-corrected chi connectivity index (χ0v) is 29.9. The zero-order chi connectivity index (χ0) is 37.9. The SMILES string of the molecule is N/C(=N\C(=O)c1nc(Cl)c(N)nc1N)NC1CCN(Cc2ccc(CCn3cc(CCn4cc(C(=O)N(CCO)CCO)ccc4=O)nn3)cc2)CC1. The molecule has 4 aromatic rings. The number of carbonyl (C=O) groups is 2. The summed E-state index contributed by atoms with van der Waals surface area (Å²) in [5, 5.41) is 30.0. The number of piperidine rings is 1. The van der Waals surface area contributed by atoms with Crippen LogP contribution in [0, 0.1) is 0 Å². The zero-order valence-electron chi connectivity index (χ0n) is 29.1.